The van der Waals surface area contributed by atoms with Crippen molar-refractivity contribution in [1.82, 2.24) is 5.43 Å². The molecule has 0 bridgehead atoms. The largest absolute Gasteiger partial charge is 0.271 e. The van der Waals surface area contributed by atoms with Gasteiger partial charge in [-0.25, -0.2) is 0 Å². The molecule has 72 valence electrons. The van der Waals surface area contributed by atoms with Crippen LogP contribution in [-0.4, -0.2) is 0 Å². The summed E-state index contributed by atoms with van der Waals surface area (Å²) in [6.07, 6.45) is 0.872. The SMILES string of the molecule is CCC(NN)c1cc(Cl)ccc1Cl. The lowest BCUT2D eigenvalue weighted by molar-refractivity contribution is 0.539. The van der Waals surface area contributed by atoms with Crippen molar-refractivity contribution in [3.05, 3.63) is 33.8 Å². The summed E-state index contributed by atoms with van der Waals surface area (Å²) < 4.78 is 0. The van der Waals surface area contributed by atoms with Crippen LogP contribution in [0.25, 0.3) is 0 Å². The monoisotopic (exact) mass is 218 g/mol. The minimum atomic E-state index is 0.0613. The maximum absolute atomic E-state index is 5.99. The van der Waals surface area contributed by atoms with Crippen LogP contribution in [0, 0.1) is 0 Å². The van der Waals surface area contributed by atoms with Crippen LogP contribution in [0.1, 0.15) is 24.9 Å². The second-order valence-electron chi connectivity index (χ2n) is 2.79. The van der Waals surface area contributed by atoms with Crippen molar-refractivity contribution in [3.63, 3.8) is 0 Å². The number of rotatable bonds is 3. The smallest absolute Gasteiger partial charge is 0.0472 e. The summed E-state index contributed by atoms with van der Waals surface area (Å²) in [5, 5.41) is 1.36. The summed E-state index contributed by atoms with van der Waals surface area (Å²) in [4.78, 5) is 0. The molecule has 0 aromatic heterocycles. The van der Waals surface area contributed by atoms with Crippen LogP contribution in [0.3, 0.4) is 0 Å². The molecule has 0 spiro atoms. The average molecular weight is 219 g/mol. The molecule has 2 nitrogen and oxygen atoms in total. The first-order chi connectivity index (χ1) is 6.19. The Morgan fingerprint density at radius 1 is 1.46 bits per heavy atom. The van der Waals surface area contributed by atoms with Gasteiger partial charge in [0.2, 0.25) is 0 Å². The van der Waals surface area contributed by atoms with E-state index in [4.69, 9.17) is 29.0 Å². The third-order valence-electron chi connectivity index (χ3n) is 1.94. The van der Waals surface area contributed by atoms with Crippen molar-refractivity contribution < 1.29 is 0 Å². The third kappa shape index (κ3) is 2.58. The van der Waals surface area contributed by atoms with E-state index in [1.54, 1.807) is 12.1 Å². The molecule has 0 fully saturated rings. The number of hydrogen-bond donors (Lipinski definition) is 2. The molecule has 0 heterocycles. The number of halogens is 2. The van der Waals surface area contributed by atoms with Crippen LogP contribution < -0.4 is 11.3 Å². The van der Waals surface area contributed by atoms with E-state index in [1.165, 1.54) is 0 Å². The van der Waals surface area contributed by atoms with Crippen molar-refractivity contribution >= 4 is 23.2 Å². The van der Waals surface area contributed by atoms with Gasteiger partial charge in [-0.3, -0.25) is 11.3 Å². The van der Waals surface area contributed by atoms with Gasteiger partial charge < -0.3 is 0 Å². The van der Waals surface area contributed by atoms with Crippen LogP contribution in [0.15, 0.2) is 18.2 Å². The van der Waals surface area contributed by atoms with Crippen LogP contribution >= 0.6 is 23.2 Å². The Hall–Kier alpha value is -0.280. The first-order valence-electron chi connectivity index (χ1n) is 4.10. The van der Waals surface area contributed by atoms with Gasteiger partial charge in [0.15, 0.2) is 0 Å². The highest BCUT2D eigenvalue weighted by Crippen LogP contribution is 2.27. The molecule has 1 atom stereocenters. The van der Waals surface area contributed by atoms with Crippen LogP contribution in [0.2, 0.25) is 10.0 Å². The first-order valence-corrected chi connectivity index (χ1v) is 4.85. The van der Waals surface area contributed by atoms with Crippen molar-refractivity contribution in [2.75, 3.05) is 0 Å². The Morgan fingerprint density at radius 2 is 2.15 bits per heavy atom. The summed E-state index contributed by atoms with van der Waals surface area (Å²) in [5.74, 6) is 5.38. The van der Waals surface area contributed by atoms with Crippen LogP contribution in [-0.2, 0) is 0 Å². The maximum Gasteiger partial charge on any atom is 0.0472 e. The van der Waals surface area contributed by atoms with Crippen molar-refractivity contribution in [3.8, 4) is 0 Å². The number of hydrazine groups is 1. The van der Waals surface area contributed by atoms with E-state index in [0.29, 0.717) is 10.0 Å². The first kappa shape index (κ1) is 10.8. The Balaban J connectivity index is 3.03. The number of hydrogen-bond acceptors (Lipinski definition) is 2. The van der Waals surface area contributed by atoms with Gasteiger partial charge in [-0.05, 0) is 30.2 Å². The van der Waals surface area contributed by atoms with E-state index >= 15 is 0 Å². The molecular formula is C9H12Cl2N2. The highest BCUT2D eigenvalue weighted by Gasteiger charge is 2.10. The topological polar surface area (TPSA) is 38.0 Å². The molecule has 1 aromatic carbocycles. The lowest BCUT2D eigenvalue weighted by atomic mass is 10.1. The van der Waals surface area contributed by atoms with Gasteiger partial charge in [0.05, 0.1) is 0 Å². The predicted molar refractivity (Wildman–Crippen MR) is 56.8 cm³/mol. The van der Waals surface area contributed by atoms with Gasteiger partial charge in [-0.1, -0.05) is 30.1 Å². The van der Waals surface area contributed by atoms with E-state index in [2.05, 4.69) is 5.43 Å². The van der Waals surface area contributed by atoms with E-state index in [9.17, 15) is 0 Å². The van der Waals surface area contributed by atoms with Crippen LogP contribution in [0.5, 0.6) is 0 Å². The Kier molecular flexibility index (Phi) is 4.00. The summed E-state index contributed by atoms with van der Waals surface area (Å²) in [7, 11) is 0. The molecule has 4 heteroatoms. The van der Waals surface area contributed by atoms with Gasteiger partial charge >= 0.3 is 0 Å². The zero-order valence-electron chi connectivity index (χ0n) is 7.35. The highest BCUT2D eigenvalue weighted by atomic mass is 35.5. The lowest BCUT2D eigenvalue weighted by Gasteiger charge is -2.15. The van der Waals surface area contributed by atoms with E-state index < -0.39 is 0 Å². The van der Waals surface area contributed by atoms with Crippen LogP contribution in [0.4, 0.5) is 0 Å². The molecule has 1 aromatic rings. The number of nitrogens with two attached hydrogens (primary N) is 1. The second kappa shape index (κ2) is 4.82. The Bertz CT molecular complexity index is 285. The molecule has 1 rings (SSSR count). The fraction of sp³-hybridized carbons (Fsp3) is 0.333. The van der Waals surface area contributed by atoms with Gasteiger partial charge in [0.25, 0.3) is 0 Å². The zero-order valence-corrected chi connectivity index (χ0v) is 8.86. The Labute approximate surface area is 88.0 Å². The Morgan fingerprint density at radius 3 is 2.69 bits per heavy atom. The molecule has 0 aliphatic heterocycles. The third-order valence-corrected chi connectivity index (χ3v) is 2.52. The number of benzene rings is 1. The highest BCUT2D eigenvalue weighted by molar-refractivity contribution is 6.33. The molecule has 0 radical (unpaired) electrons. The molecule has 3 N–H and O–H groups in total. The van der Waals surface area contributed by atoms with Crippen molar-refractivity contribution in [2.45, 2.75) is 19.4 Å². The van der Waals surface area contributed by atoms with Gasteiger partial charge in [-0.2, -0.15) is 0 Å². The molecule has 0 saturated carbocycles. The molecule has 1 unspecified atom stereocenters. The quantitative estimate of drug-likeness (QED) is 0.605. The summed E-state index contributed by atoms with van der Waals surface area (Å²) in [5.41, 5.74) is 3.64. The zero-order chi connectivity index (χ0) is 9.84. The summed E-state index contributed by atoms with van der Waals surface area (Å²) >= 11 is 11.8. The number of nitrogens with one attached hydrogen (secondary N) is 1. The van der Waals surface area contributed by atoms with E-state index in [-0.39, 0.29) is 6.04 Å². The molecular weight excluding hydrogens is 207 g/mol. The lowest BCUT2D eigenvalue weighted by Crippen LogP contribution is -2.27. The fourth-order valence-electron chi connectivity index (χ4n) is 1.21. The average Bonchev–Trinajstić information content (AvgIpc) is 2.13. The standard InChI is InChI=1S/C9H12Cl2N2/c1-2-9(13-12)7-5-6(10)3-4-8(7)11/h3-5,9,13H,2,12H2,1H3. The van der Waals surface area contributed by atoms with E-state index in [0.717, 1.165) is 12.0 Å². The molecule has 0 amide bonds. The molecule has 0 aliphatic carbocycles. The van der Waals surface area contributed by atoms with Crippen molar-refractivity contribution in [2.24, 2.45) is 5.84 Å². The fourth-order valence-corrected chi connectivity index (χ4v) is 1.64. The second-order valence-corrected chi connectivity index (χ2v) is 3.64. The van der Waals surface area contributed by atoms with Crippen molar-refractivity contribution in [1.29, 1.82) is 0 Å². The van der Waals surface area contributed by atoms with E-state index in [1.807, 2.05) is 13.0 Å². The molecule has 13 heavy (non-hydrogen) atoms. The maximum atomic E-state index is 5.99. The normalized spacial score (nSPS) is 12.9. The van der Waals surface area contributed by atoms with Gasteiger partial charge in [-0.15, -0.1) is 0 Å². The minimum Gasteiger partial charge on any atom is -0.271 e. The van der Waals surface area contributed by atoms with Gasteiger partial charge in [0, 0.05) is 16.1 Å². The molecule has 0 aliphatic rings. The summed E-state index contributed by atoms with van der Waals surface area (Å²) in [6, 6.07) is 5.43. The summed E-state index contributed by atoms with van der Waals surface area (Å²) in [6.45, 7) is 2.03. The van der Waals surface area contributed by atoms with Gasteiger partial charge in [0.1, 0.15) is 0 Å². The minimum absolute atomic E-state index is 0.0613. The predicted octanol–water partition coefficient (Wildman–Crippen LogP) is 2.91. The molecule has 0 saturated heterocycles.